The van der Waals surface area contributed by atoms with Crippen LogP contribution in [0, 0.1) is 5.82 Å². The summed E-state index contributed by atoms with van der Waals surface area (Å²) in [5.41, 5.74) is -1.53. The van der Waals surface area contributed by atoms with Crippen molar-refractivity contribution in [2.24, 2.45) is 0 Å². The fourth-order valence-electron chi connectivity index (χ4n) is 3.22. The highest BCUT2D eigenvalue weighted by Gasteiger charge is 2.45. The van der Waals surface area contributed by atoms with Crippen molar-refractivity contribution in [3.8, 4) is 0 Å². The second kappa shape index (κ2) is 5.82. The van der Waals surface area contributed by atoms with Crippen molar-refractivity contribution in [2.45, 2.75) is 43.3 Å². The summed E-state index contributed by atoms with van der Waals surface area (Å²) in [6.07, 6.45) is 1.74. The van der Waals surface area contributed by atoms with Crippen LogP contribution < -0.4 is 10.9 Å². The molecule has 4 rings (SSSR count). The van der Waals surface area contributed by atoms with E-state index in [1.165, 1.54) is 6.20 Å². The zero-order valence-electron chi connectivity index (χ0n) is 13.8. The van der Waals surface area contributed by atoms with E-state index in [1.54, 1.807) is 10.8 Å². The first-order valence-electron chi connectivity index (χ1n) is 8.48. The fraction of sp³-hybridized carbons (Fsp3) is 0.444. The molecular formula is C18H17F4N3O. The second-order valence-corrected chi connectivity index (χ2v) is 7.08. The van der Waals surface area contributed by atoms with E-state index in [-0.39, 0.29) is 24.0 Å². The molecule has 0 aliphatic heterocycles. The highest BCUT2D eigenvalue weighted by atomic mass is 19.4. The average Bonchev–Trinajstić information content (AvgIpc) is 3.47. The lowest BCUT2D eigenvalue weighted by atomic mass is 9.94. The zero-order chi connectivity index (χ0) is 18.5. The molecule has 0 atom stereocenters. The molecule has 2 aliphatic carbocycles. The summed E-state index contributed by atoms with van der Waals surface area (Å²) in [6.45, 7) is 0.241. The summed E-state index contributed by atoms with van der Waals surface area (Å²) in [6, 6.07) is 2.85. The topological polar surface area (TPSA) is 46.9 Å². The van der Waals surface area contributed by atoms with Crippen LogP contribution in [0.4, 0.5) is 23.4 Å². The Bertz CT molecular complexity index is 898. The number of halogens is 4. The Morgan fingerprint density at radius 1 is 1.23 bits per heavy atom. The summed E-state index contributed by atoms with van der Waals surface area (Å²) in [5.74, 6) is -0.729. The molecule has 0 unspecified atom stereocenters. The van der Waals surface area contributed by atoms with E-state index >= 15 is 0 Å². The third-order valence-corrected chi connectivity index (χ3v) is 5.09. The number of benzene rings is 1. The monoisotopic (exact) mass is 367 g/mol. The molecule has 2 fully saturated rings. The predicted molar refractivity (Wildman–Crippen MR) is 87.6 cm³/mol. The van der Waals surface area contributed by atoms with Gasteiger partial charge in [0.1, 0.15) is 5.82 Å². The predicted octanol–water partition coefficient (Wildman–Crippen LogP) is 3.88. The maximum atomic E-state index is 13.7. The van der Waals surface area contributed by atoms with Crippen molar-refractivity contribution in [3.63, 3.8) is 0 Å². The van der Waals surface area contributed by atoms with Gasteiger partial charge in [0.2, 0.25) is 0 Å². The van der Waals surface area contributed by atoms with Gasteiger partial charge in [-0.1, -0.05) is 0 Å². The highest BCUT2D eigenvalue weighted by Crippen LogP contribution is 2.49. The number of nitrogens with zero attached hydrogens (tertiary/aromatic N) is 2. The molecule has 138 valence electrons. The molecule has 0 spiro atoms. The minimum atomic E-state index is -4.60. The molecule has 1 N–H and O–H groups in total. The van der Waals surface area contributed by atoms with E-state index in [0.29, 0.717) is 24.5 Å². The van der Waals surface area contributed by atoms with Gasteiger partial charge in [0.15, 0.2) is 5.82 Å². The van der Waals surface area contributed by atoms with Gasteiger partial charge in [-0.3, -0.25) is 4.79 Å². The molecule has 2 saturated carbocycles. The van der Waals surface area contributed by atoms with Crippen molar-refractivity contribution in [1.29, 1.82) is 0 Å². The molecule has 0 bridgehead atoms. The third-order valence-electron chi connectivity index (χ3n) is 5.09. The lowest BCUT2D eigenvalue weighted by Crippen LogP contribution is -2.28. The Hall–Kier alpha value is -2.38. The fourth-order valence-corrected chi connectivity index (χ4v) is 3.22. The Balaban J connectivity index is 1.57. The molecule has 2 aromatic rings. The van der Waals surface area contributed by atoms with Crippen LogP contribution >= 0.6 is 0 Å². The molecule has 26 heavy (non-hydrogen) atoms. The van der Waals surface area contributed by atoms with Crippen molar-refractivity contribution < 1.29 is 17.6 Å². The average molecular weight is 367 g/mol. The number of hydrogen-bond donors (Lipinski definition) is 1. The van der Waals surface area contributed by atoms with E-state index in [0.717, 1.165) is 25.0 Å². The van der Waals surface area contributed by atoms with Gasteiger partial charge in [-0.15, -0.1) is 0 Å². The number of hydrogen-bond acceptors (Lipinski definition) is 3. The smallest absolute Gasteiger partial charge is 0.365 e. The lowest BCUT2D eigenvalue weighted by Gasteiger charge is -2.19. The normalized spacial score (nSPS) is 18.6. The summed E-state index contributed by atoms with van der Waals surface area (Å²) in [7, 11) is 0. The van der Waals surface area contributed by atoms with Gasteiger partial charge in [0, 0.05) is 30.4 Å². The Labute approximate surface area is 146 Å². The van der Waals surface area contributed by atoms with Crippen molar-refractivity contribution in [1.82, 2.24) is 9.55 Å². The minimum absolute atomic E-state index is 0.179. The Morgan fingerprint density at radius 3 is 2.58 bits per heavy atom. The van der Waals surface area contributed by atoms with E-state index in [1.807, 2.05) is 0 Å². The maximum absolute atomic E-state index is 13.7. The first kappa shape index (κ1) is 17.1. The van der Waals surface area contributed by atoms with Crippen molar-refractivity contribution >= 4 is 5.82 Å². The SMILES string of the molecule is O=c1c(NCC2(c3cc(F)cc(C(F)(F)F)c3)CC2)nccn1C1CC1. The van der Waals surface area contributed by atoms with Gasteiger partial charge < -0.3 is 9.88 Å². The number of alkyl halides is 3. The van der Waals surface area contributed by atoms with Gasteiger partial charge in [-0.05, 0) is 49.4 Å². The first-order valence-corrected chi connectivity index (χ1v) is 8.48. The van der Waals surface area contributed by atoms with E-state index < -0.39 is 23.0 Å². The van der Waals surface area contributed by atoms with Crippen molar-refractivity contribution in [3.05, 3.63) is 57.9 Å². The standard InChI is InChI=1S/C18H17F4N3O/c19-13-8-11(7-12(9-13)18(20,21)22)17(3-4-17)10-24-15-16(26)25(6-5-23-15)14-1-2-14/h5-9,14H,1-4,10H2,(H,23,24). The van der Waals surface area contributed by atoms with E-state index in [4.69, 9.17) is 0 Å². The van der Waals surface area contributed by atoms with E-state index in [2.05, 4.69) is 10.3 Å². The van der Waals surface area contributed by atoms with Crippen LogP contribution in [-0.2, 0) is 11.6 Å². The quantitative estimate of drug-likeness (QED) is 0.816. The minimum Gasteiger partial charge on any atom is -0.365 e. The summed E-state index contributed by atoms with van der Waals surface area (Å²) in [5, 5.41) is 2.97. The molecule has 4 nitrogen and oxygen atoms in total. The summed E-state index contributed by atoms with van der Waals surface area (Å²) >= 11 is 0. The molecule has 1 aromatic heterocycles. The summed E-state index contributed by atoms with van der Waals surface area (Å²) < 4.78 is 54.2. The van der Waals surface area contributed by atoms with Crippen LogP contribution in [0.3, 0.4) is 0 Å². The van der Waals surface area contributed by atoms with Crippen LogP contribution in [-0.4, -0.2) is 16.1 Å². The number of nitrogens with one attached hydrogen (secondary N) is 1. The van der Waals surface area contributed by atoms with Gasteiger partial charge in [0.05, 0.1) is 5.56 Å². The Morgan fingerprint density at radius 2 is 1.96 bits per heavy atom. The largest absolute Gasteiger partial charge is 0.416 e. The number of rotatable bonds is 5. The van der Waals surface area contributed by atoms with Gasteiger partial charge in [0.25, 0.3) is 5.56 Å². The maximum Gasteiger partial charge on any atom is 0.416 e. The van der Waals surface area contributed by atoms with Crippen molar-refractivity contribution in [2.75, 3.05) is 11.9 Å². The molecule has 1 heterocycles. The van der Waals surface area contributed by atoms with Gasteiger partial charge >= 0.3 is 6.18 Å². The van der Waals surface area contributed by atoms with Gasteiger partial charge in [-0.2, -0.15) is 13.2 Å². The molecule has 0 saturated heterocycles. The van der Waals surface area contributed by atoms with Crippen LogP contribution in [0.15, 0.2) is 35.4 Å². The zero-order valence-corrected chi connectivity index (χ0v) is 13.8. The summed E-state index contributed by atoms with van der Waals surface area (Å²) in [4.78, 5) is 16.4. The molecule has 1 aromatic carbocycles. The van der Waals surface area contributed by atoms with Crippen LogP contribution in [0.5, 0.6) is 0 Å². The van der Waals surface area contributed by atoms with E-state index in [9.17, 15) is 22.4 Å². The van der Waals surface area contributed by atoms with Crippen LogP contribution in [0.2, 0.25) is 0 Å². The highest BCUT2D eigenvalue weighted by molar-refractivity contribution is 5.41. The third kappa shape index (κ3) is 3.20. The Kier molecular flexibility index (Phi) is 3.82. The first-order chi connectivity index (χ1) is 12.3. The molecule has 2 aliphatic rings. The van der Waals surface area contributed by atoms with Gasteiger partial charge in [-0.25, -0.2) is 9.37 Å². The molecule has 0 amide bonds. The van der Waals surface area contributed by atoms with Crippen LogP contribution in [0.1, 0.15) is 42.9 Å². The lowest BCUT2D eigenvalue weighted by molar-refractivity contribution is -0.137. The van der Waals surface area contributed by atoms with Crippen LogP contribution in [0.25, 0.3) is 0 Å². The number of aromatic nitrogens is 2. The molecule has 0 radical (unpaired) electrons. The number of anilines is 1. The molecular weight excluding hydrogens is 350 g/mol. The second-order valence-electron chi connectivity index (χ2n) is 7.08. The molecule has 8 heteroatoms.